The molecule has 0 aliphatic carbocycles. The monoisotopic (exact) mass is 305 g/mol. The Hall–Kier alpha value is -1.66. The summed E-state index contributed by atoms with van der Waals surface area (Å²) in [7, 11) is 2.09. The van der Waals surface area contributed by atoms with Crippen LogP contribution in [0.2, 0.25) is 0 Å². The zero-order valence-corrected chi connectivity index (χ0v) is 12.6. The zero-order valence-electron chi connectivity index (χ0n) is 11.8. The van der Waals surface area contributed by atoms with Gasteiger partial charge in [0.25, 0.3) is 5.91 Å². The van der Waals surface area contributed by atoms with Crippen molar-refractivity contribution in [1.29, 1.82) is 0 Å². The number of amides is 1. The van der Waals surface area contributed by atoms with Gasteiger partial charge in [-0.2, -0.15) is 4.99 Å². The summed E-state index contributed by atoms with van der Waals surface area (Å²) in [5.74, 6) is -0.491. The average Bonchev–Trinajstić information content (AvgIpc) is 2.83. The van der Waals surface area contributed by atoms with Crippen molar-refractivity contribution in [2.45, 2.75) is 0 Å². The van der Waals surface area contributed by atoms with Crippen molar-refractivity contribution < 1.29 is 9.18 Å². The standard InChI is InChI=1S/C15H16FN3OS/c1-18-6-8-19(9-7-18)15-17-14(20)13(21-15)10-11-2-4-12(16)5-3-11/h2-5,10H,6-9H2,1H3/b13-10-. The van der Waals surface area contributed by atoms with Crippen molar-refractivity contribution in [3.8, 4) is 0 Å². The summed E-state index contributed by atoms with van der Waals surface area (Å²) < 4.78 is 12.9. The first-order valence-electron chi connectivity index (χ1n) is 6.83. The molecule has 1 aromatic rings. The average molecular weight is 305 g/mol. The zero-order chi connectivity index (χ0) is 14.8. The van der Waals surface area contributed by atoms with Gasteiger partial charge in [-0.15, -0.1) is 0 Å². The van der Waals surface area contributed by atoms with Gasteiger partial charge in [0.05, 0.1) is 4.91 Å². The first-order chi connectivity index (χ1) is 10.1. The van der Waals surface area contributed by atoms with Gasteiger partial charge in [-0.3, -0.25) is 4.79 Å². The van der Waals surface area contributed by atoms with Crippen LogP contribution in [-0.4, -0.2) is 54.1 Å². The number of hydrogen-bond acceptors (Lipinski definition) is 4. The van der Waals surface area contributed by atoms with E-state index in [0.717, 1.165) is 36.9 Å². The lowest BCUT2D eigenvalue weighted by molar-refractivity contribution is -0.113. The maximum Gasteiger partial charge on any atom is 0.286 e. The number of piperazine rings is 1. The lowest BCUT2D eigenvalue weighted by Gasteiger charge is -2.32. The number of carbonyl (C=O) groups excluding carboxylic acids is 1. The van der Waals surface area contributed by atoms with E-state index in [4.69, 9.17) is 0 Å². The highest BCUT2D eigenvalue weighted by Crippen LogP contribution is 2.30. The SMILES string of the molecule is CN1CCN(C2=NC(=O)/C(=C/c3ccc(F)cc3)S2)CC1. The van der Waals surface area contributed by atoms with Gasteiger partial charge in [-0.1, -0.05) is 12.1 Å². The molecule has 0 aromatic heterocycles. The molecule has 0 radical (unpaired) electrons. The summed E-state index contributed by atoms with van der Waals surface area (Å²) in [5, 5.41) is 0.779. The molecule has 21 heavy (non-hydrogen) atoms. The number of rotatable bonds is 1. The van der Waals surface area contributed by atoms with Crippen LogP contribution in [0.1, 0.15) is 5.56 Å². The van der Waals surface area contributed by atoms with E-state index in [0.29, 0.717) is 4.91 Å². The van der Waals surface area contributed by atoms with Crippen LogP contribution in [-0.2, 0) is 4.79 Å². The molecule has 0 bridgehead atoms. The molecule has 0 saturated carbocycles. The molecule has 0 unspecified atom stereocenters. The molecule has 4 nitrogen and oxygen atoms in total. The van der Waals surface area contributed by atoms with Gasteiger partial charge >= 0.3 is 0 Å². The summed E-state index contributed by atoms with van der Waals surface area (Å²) in [6.45, 7) is 3.73. The highest BCUT2D eigenvalue weighted by Gasteiger charge is 2.27. The minimum Gasteiger partial charge on any atom is -0.348 e. The Labute approximate surface area is 127 Å². The summed E-state index contributed by atoms with van der Waals surface area (Å²) in [4.78, 5) is 21.1. The minimum absolute atomic E-state index is 0.210. The molecule has 2 aliphatic heterocycles. The highest BCUT2D eigenvalue weighted by atomic mass is 32.2. The Morgan fingerprint density at radius 2 is 1.86 bits per heavy atom. The van der Waals surface area contributed by atoms with E-state index >= 15 is 0 Å². The van der Waals surface area contributed by atoms with Gasteiger partial charge in [-0.05, 0) is 42.6 Å². The fourth-order valence-electron chi connectivity index (χ4n) is 2.24. The van der Waals surface area contributed by atoms with Gasteiger partial charge in [-0.25, -0.2) is 4.39 Å². The number of thioether (sulfide) groups is 1. The Morgan fingerprint density at radius 3 is 2.52 bits per heavy atom. The first-order valence-corrected chi connectivity index (χ1v) is 7.65. The number of hydrogen-bond donors (Lipinski definition) is 0. The van der Waals surface area contributed by atoms with Crippen molar-refractivity contribution in [2.24, 2.45) is 4.99 Å². The van der Waals surface area contributed by atoms with Gasteiger partial charge < -0.3 is 9.80 Å². The molecule has 2 aliphatic rings. The van der Waals surface area contributed by atoms with Crippen LogP contribution < -0.4 is 0 Å². The molecule has 0 N–H and O–H groups in total. The molecule has 0 spiro atoms. The largest absolute Gasteiger partial charge is 0.348 e. The molecule has 1 saturated heterocycles. The Kier molecular flexibility index (Phi) is 4.07. The second-order valence-electron chi connectivity index (χ2n) is 5.15. The maximum atomic E-state index is 12.9. The number of carbonyl (C=O) groups is 1. The number of amidine groups is 1. The van der Waals surface area contributed by atoms with Gasteiger partial charge in [0.2, 0.25) is 0 Å². The Bertz CT molecular complexity index is 604. The number of benzene rings is 1. The quantitative estimate of drug-likeness (QED) is 0.744. The predicted molar refractivity (Wildman–Crippen MR) is 83.5 cm³/mol. The predicted octanol–water partition coefficient (Wildman–Crippen LogP) is 2.04. The van der Waals surface area contributed by atoms with E-state index < -0.39 is 0 Å². The first kappa shape index (κ1) is 14.3. The molecule has 2 heterocycles. The third-order valence-electron chi connectivity index (χ3n) is 3.55. The highest BCUT2D eigenvalue weighted by molar-refractivity contribution is 8.18. The van der Waals surface area contributed by atoms with Crippen molar-refractivity contribution in [3.63, 3.8) is 0 Å². The van der Waals surface area contributed by atoms with Crippen LogP contribution in [0, 0.1) is 5.82 Å². The van der Waals surface area contributed by atoms with E-state index in [9.17, 15) is 9.18 Å². The van der Waals surface area contributed by atoms with Crippen molar-refractivity contribution in [1.82, 2.24) is 9.80 Å². The summed E-state index contributed by atoms with van der Waals surface area (Å²) in [5.41, 5.74) is 0.807. The van der Waals surface area contributed by atoms with Gasteiger partial charge in [0.1, 0.15) is 5.82 Å². The van der Waals surface area contributed by atoms with Crippen molar-refractivity contribution in [3.05, 3.63) is 40.6 Å². The minimum atomic E-state index is -0.281. The second kappa shape index (κ2) is 5.99. The Morgan fingerprint density at radius 1 is 1.19 bits per heavy atom. The Balaban J connectivity index is 1.71. The smallest absolute Gasteiger partial charge is 0.286 e. The molecule has 0 atom stereocenters. The normalized spacial score (nSPS) is 22.0. The fourth-order valence-corrected chi connectivity index (χ4v) is 3.21. The van der Waals surface area contributed by atoms with Crippen LogP contribution >= 0.6 is 11.8 Å². The van der Waals surface area contributed by atoms with Gasteiger partial charge in [0, 0.05) is 26.2 Å². The lowest BCUT2D eigenvalue weighted by atomic mass is 10.2. The molecule has 1 amide bonds. The summed E-state index contributed by atoms with van der Waals surface area (Å²) in [6, 6.07) is 6.09. The number of nitrogens with zero attached hydrogens (tertiary/aromatic N) is 3. The number of likely N-dealkylation sites (N-methyl/N-ethyl adjacent to an activating group) is 1. The van der Waals surface area contributed by atoms with E-state index in [1.807, 2.05) is 0 Å². The third kappa shape index (κ3) is 3.33. The van der Waals surface area contributed by atoms with Crippen LogP contribution in [0.15, 0.2) is 34.2 Å². The molecular weight excluding hydrogens is 289 g/mol. The number of aliphatic imine (C=N–C) groups is 1. The molecule has 1 aromatic carbocycles. The van der Waals surface area contributed by atoms with Crippen LogP contribution in [0.3, 0.4) is 0 Å². The van der Waals surface area contributed by atoms with Crippen LogP contribution in [0.25, 0.3) is 6.08 Å². The molecule has 6 heteroatoms. The van der Waals surface area contributed by atoms with Crippen molar-refractivity contribution >= 4 is 28.9 Å². The lowest BCUT2D eigenvalue weighted by Crippen LogP contribution is -2.46. The van der Waals surface area contributed by atoms with Gasteiger partial charge in [0.15, 0.2) is 5.17 Å². The molecule has 1 fully saturated rings. The van der Waals surface area contributed by atoms with Crippen LogP contribution in [0.5, 0.6) is 0 Å². The van der Waals surface area contributed by atoms with Crippen LogP contribution in [0.4, 0.5) is 4.39 Å². The topological polar surface area (TPSA) is 35.9 Å². The number of halogens is 1. The fraction of sp³-hybridized carbons (Fsp3) is 0.333. The maximum absolute atomic E-state index is 12.9. The van der Waals surface area contributed by atoms with E-state index in [1.165, 1.54) is 23.9 Å². The van der Waals surface area contributed by atoms with E-state index in [-0.39, 0.29) is 11.7 Å². The summed E-state index contributed by atoms with van der Waals surface area (Å²) in [6.07, 6.45) is 1.76. The van der Waals surface area contributed by atoms with E-state index in [2.05, 4.69) is 21.8 Å². The van der Waals surface area contributed by atoms with E-state index in [1.54, 1.807) is 18.2 Å². The second-order valence-corrected chi connectivity index (χ2v) is 6.16. The molecular formula is C15H16FN3OS. The summed E-state index contributed by atoms with van der Waals surface area (Å²) >= 11 is 1.40. The van der Waals surface area contributed by atoms with Crippen molar-refractivity contribution in [2.75, 3.05) is 33.2 Å². The third-order valence-corrected chi connectivity index (χ3v) is 4.60. The molecule has 3 rings (SSSR count). The molecule has 110 valence electrons.